The Hall–Kier alpha value is -1.06. The normalized spacial score (nSPS) is 15.2. The van der Waals surface area contributed by atoms with Crippen LogP contribution in [0.1, 0.15) is 31.2 Å². The van der Waals surface area contributed by atoms with Gasteiger partial charge in [0.05, 0.1) is 0 Å². The molecule has 1 fully saturated rings. The van der Waals surface area contributed by atoms with E-state index in [9.17, 15) is 0 Å². The van der Waals surface area contributed by atoms with E-state index < -0.39 is 0 Å². The van der Waals surface area contributed by atoms with E-state index in [1.165, 1.54) is 31.4 Å². The maximum atomic E-state index is 5.72. The van der Waals surface area contributed by atoms with Crippen LogP contribution in [0.5, 0.6) is 0 Å². The molecular formula is C15H24N2O. The van der Waals surface area contributed by atoms with Crippen molar-refractivity contribution < 1.29 is 4.74 Å². The topological polar surface area (TPSA) is 38.5 Å². The number of nitrogens with zero attached hydrogens (tertiary/aromatic N) is 1. The van der Waals surface area contributed by atoms with Crippen LogP contribution in [-0.4, -0.2) is 31.2 Å². The summed E-state index contributed by atoms with van der Waals surface area (Å²) >= 11 is 0. The Morgan fingerprint density at radius 1 is 1.22 bits per heavy atom. The van der Waals surface area contributed by atoms with E-state index in [4.69, 9.17) is 10.5 Å². The zero-order chi connectivity index (χ0) is 12.8. The fourth-order valence-electron chi connectivity index (χ4n) is 2.25. The van der Waals surface area contributed by atoms with Gasteiger partial charge in [-0.05, 0) is 49.9 Å². The first-order valence-corrected chi connectivity index (χ1v) is 6.87. The fourth-order valence-corrected chi connectivity index (χ4v) is 2.25. The van der Waals surface area contributed by atoms with Gasteiger partial charge in [-0.2, -0.15) is 0 Å². The lowest BCUT2D eigenvalue weighted by atomic mass is 10.2. The van der Waals surface area contributed by atoms with Crippen molar-refractivity contribution in [2.45, 2.75) is 38.3 Å². The summed E-state index contributed by atoms with van der Waals surface area (Å²) in [5, 5.41) is 0. The molecule has 0 spiro atoms. The van der Waals surface area contributed by atoms with Gasteiger partial charge in [-0.25, -0.2) is 0 Å². The van der Waals surface area contributed by atoms with Gasteiger partial charge in [0.2, 0.25) is 0 Å². The summed E-state index contributed by atoms with van der Waals surface area (Å²) in [7, 11) is 1.77. The highest BCUT2D eigenvalue weighted by Gasteiger charge is 2.28. The number of anilines is 1. The zero-order valence-electron chi connectivity index (χ0n) is 11.3. The molecule has 0 aromatic heterocycles. The Bertz CT molecular complexity index is 346. The molecule has 2 rings (SSSR count). The summed E-state index contributed by atoms with van der Waals surface area (Å²) in [5.74, 6) is 0. The van der Waals surface area contributed by atoms with Crippen molar-refractivity contribution >= 4 is 5.69 Å². The predicted molar refractivity (Wildman–Crippen MR) is 75.4 cm³/mol. The molecule has 0 amide bonds. The molecule has 0 saturated heterocycles. The number of benzene rings is 1. The Balaban J connectivity index is 1.80. The van der Waals surface area contributed by atoms with Crippen LogP contribution in [0.25, 0.3) is 0 Å². The molecule has 3 heteroatoms. The molecule has 2 N–H and O–H groups in total. The molecule has 0 atom stereocenters. The molecule has 18 heavy (non-hydrogen) atoms. The first kappa shape index (κ1) is 13.4. The Kier molecular flexibility index (Phi) is 5.02. The van der Waals surface area contributed by atoms with E-state index in [0.717, 1.165) is 31.3 Å². The smallest absolute Gasteiger partial charge is 0.0462 e. The zero-order valence-corrected chi connectivity index (χ0v) is 11.3. The molecule has 1 aliphatic carbocycles. The second-order valence-electron chi connectivity index (χ2n) is 5.14. The van der Waals surface area contributed by atoms with Crippen LogP contribution in [0.3, 0.4) is 0 Å². The molecular weight excluding hydrogens is 224 g/mol. The minimum Gasteiger partial charge on any atom is -0.399 e. The van der Waals surface area contributed by atoms with E-state index in [-0.39, 0.29) is 0 Å². The molecule has 1 aromatic carbocycles. The van der Waals surface area contributed by atoms with Crippen LogP contribution in [-0.2, 0) is 11.3 Å². The second kappa shape index (κ2) is 6.76. The van der Waals surface area contributed by atoms with E-state index in [1.807, 2.05) is 12.1 Å². The molecule has 1 aliphatic rings. The van der Waals surface area contributed by atoms with Gasteiger partial charge in [0.25, 0.3) is 0 Å². The third-order valence-electron chi connectivity index (χ3n) is 3.47. The van der Waals surface area contributed by atoms with Crippen molar-refractivity contribution in [3.05, 3.63) is 29.8 Å². The fraction of sp³-hybridized carbons (Fsp3) is 0.600. The highest BCUT2D eigenvalue weighted by molar-refractivity contribution is 5.39. The molecule has 0 radical (unpaired) electrons. The maximum Gasteiger partial charge on any atom is 0.0462 e. The van der Waals surface area contributed by atoms with Crippen LogP contribution in [0, 0.1) is 0 Å². The van der Waals surface area contributed by atoms with Crippen molar-refractivity contribution in [3.63, 3.8) is 0 Å². The number of hydrogen-bond acceptors (Lipinski definition) is 3. The number of nitrogens with two attached hydrogens (primary N) is 1. The van der Waals surface area contributed by atoms with Crippen molar-refractivity contribution in [1.29, 1.82) is 0 Å². The van der Waals surface area contributed by atoms with Crippen molar-refractivity contribution in [1.82, 2.24) is 4.90 Å². The number of nitrogen functional groups attached to an aromatic ring is 1. The molecule has 1 saturated carbocycles. The summed E-state index contributed by atoms with van der Waals surface area (Å²) in [6.07, 6.45) is 5.10. The second-order valence-corrected chi connectivity index (χ2v) is 5.14. The highest BCUT2D eigenvalue weighted by atomic mass is 16.5. The minimum absolute atomic E-state index is 0.810. The van der Waals surface area contributed by atoms with Gasteiger partial charge in [0.1, 0.15) is 0 Å². The Morgan fingerprint density at radius 3 is 2.56 bits per heavy atom. The lowest BCUT2D eigenvalue weighted by molar-refractivity contribution is 0.180. The van der Waals surface area contributed by atoms with Gasteiger partial charge in [-0.1, -0.05) is 12.1 Å². The summed E-state index contributed by atoms with van der Waals surface area (Å²) < 4.78 is 5.10. The third kappa shape index (κ3) is 4.31. The van der Waals surface area contributed by atoms with Gasteiger partial charge in [-0.3, -0.25) is 4.90 Å². The molecule has 1 aromatic rings. The number of ether oxygens (including phenoxy) is 1. The van der Waals surface area contributed by atoms with Crippen LogP contribution in [0.4, 0.5) is 5.69 Å². The summed E-state index contributed by atoms with van der Waals surface area (Å²) in [6, 6.07) is 9.07. The largest absolute Gasteiger partial charge is 0.399 e. The van der Waals surface area contributed by atoms with Crippen molar-refractivity contribution in [3.8, 4) is 0 Å². The minimum atomic E-state index is 0.810. The lowest BCUT2D eigenvalue weighted by Crippen LogP contribution is -2.26. The molecule has 0 aliphatic heterocycles. The average Bonchev–Trinajstić information content (AvgIpc) is 3.20. The Labute approximate surface area is 110 Å². The van der Waals surface area contributed by atoms with E-state index in [2.05, 4.69) is 17.0 Å². The number of hydrogen-bond donors (Lipinski definition) is 1. The number of unbranched alkanes of at least 4 members (excludes halogenated alkanes) is 1. The van der Waals surface area contributed by atoms with Crippen LogP contribution >= 0.6 is 0 Å². The summed E-state index contributed by atoms with van der Waals surface area (Å²) in [5.41, 5.74) is 7.92. The van der Waals surface area contributed by atoms with Crippen LogP contribution < -0.4 is 5.73 Å². The monoisotopic (exact) mass is 248 g/mol. The quantitative estimate of drug-likeness (QED) is 0.568. The first-order chi connectivity index (χ1) is 8.79. The number of methoxy groups -OCH3 is 1. The van der Waals surface area contributed by atoms with Crippen molar-refractivity contribution in [2.24, 2.45) is 0 Å². The summed E-state index contributed by atoms with van der Waals surface area (Å²) in [4.78, 5) is 2.60. The molecule has 0 bridgehead atoms. The van der Waals surface area contributed by atoms with Gasteiger partial charge < -0.3 is 10.5 Å². The maximum absolute atomic E-state index is 5.72. The molecule has 0 heterocycles. The van der Waals surface area contributed by atoms with Gasteiger partial charge in [0.15, 0.2) is 0 Å². The van der Waals surface area contributed by atoms with E-state index >= 15 is 0 Å². The SMILES string of the molecule is COCCCCN(Cc1ccc(N)cc1)C1CC1. The standard InChI is InChI=1S/C15H24N2O/c1-18-11-3-2-10-17(15-8-9-15)12-13-4-6-14(16)7-5-13/h4-7,15H,2-3,8-12,16H2,1H3. The molecule has 100 valence electrons. The predicted octanol–water partition coefficient (Wildman–Crippen LogP) is 2.66. The lowest BCUT2D eigenvalue weighted by Gasteiger charge is -2.22. The molecule has 0 unspecified atom stereocenters. The van der Waals surface area contributed by atoms with Crippen LogP contribution in [0.2, 0.25) is 0 Å². The highest BCUT2D eigenvalue weighted by Crippen LogP contribution is 2.28. The van der Waals surface area contributed by atoms with Crippen molar-refractivity contribution in [2.75, 3.05) is 26.0 Å². The first-order valence-electron chi connectivity index (χ1n) is 6.87. The Morgan fingerprint density at radius 2 is 1.94 bits per heavy atom. The van der Waals surface area contributed by atoms with Gasteiger partial charge in [0, 0.05) is 32.0 Å². The molecule has 3 nitrogen and oxygen atoms in total. The third-order valence-corrected chi connectivity index (χ3v) is 3.47. The van der Waals surface area contributed by atoms with Crippen LogP contribution in [0.15, 0.2) is 24.3 Å². The van der Waals surface area contributed by atoms with E-state index in [1.54, 1.807) is 7.11 Å². The summed E-state index contributed by atoms with van der Waals surface area (Å²) in [6.45, 7) is 3.11. The van der Waals surface area contributed by atoms with Gasteiger partial charge >= 0.3 is 0 Å². The number of rotatable bonds is 8. The van der Waals surface area contributed by atoms with Gasteiger partial charge in [-0.15, -0.1) is 0 Å². The van der Waals surface area contributed by atoms with E-state index in [0.29, 0.717) is 0 Å². The average molecular weight is 248 g/mol.